The quantitative estimate of drug-likeness (QED) is 0.0307. The Bertz CT molecular complexity index is 2220. The Balaban J connectivity index is 0.00000253. The van der Waals surface area contributed by atoms with Gasteiger partial charge >= 0.3 is 0 Å². The van der Waals surface area contributed by atoms with Gasteiger partial charge in [-0.1, -0.05) is 45.0 Å². The van der Waals surface area contributed by atoms with E-state index in [1.54, 1.807) is 19.2 Å². The zero-order valence-corrected chi connectivity index (χ0v) is 35.4. The summed E-state index contributed by atoms with van der Waals surface area (Å²) in [6.07, 6.45) is 1.43. The van der Waals surface area contributed by atoms with Crippen LogP contribution < -0.4 is 0 Å². The molecule has 1 N–H and O–H groups in total. The SMILES string of the molecule is CO.COCCCN1C(=O)c2ccc3c4ccc5c6c(ccc(c7ccc(c2c37)C1=O)c64)C(=O)N(C(C)C(C)(C)OC(C)C(C)(S)C(C)PCC(C)C)C5=O. The molecular weight excluding hydrogens is 732 g/mol. The summed E-state index contributed by atoms with van der Waals surface area (Å²) in [4.78, 5) is 59.0. The van der Waals surface area contributed by atoms with Crippen molar-refractivity contribution in [3.63, 3.8) is 0 Å². The van der Waals surface area contributed by atoms with Gasteiger partial charge in [0.15, 0.2) is 0 Å². The van der Waals surface area contributed by atoms with Gasteiger partial charge in [0.05, 0.1) is 17.7 Å². The van der Waals surface area contributed by atoms with Gasteiger partial charge in [-0.2, -0.15) is 12.6 Å². The maximum Gasteiger partial charge on any atom is 0.261 e. The normalized spacial score (nSPS) is 17.6. The Morgan fingerprint density at radius 1 is 0.691 bits per heavy atom. The summed E-state index contributed by atoms with van der Waals surface area (Å²) in [5.74, 6) is -0.732. The highest BCUT2D eigenvalue weighted by molar-refractivity contribution is 7.82. The van der Waals surface area contributed by atoms with Gasteiger partial charge < -0.3 is 14.6 Å². The van der Waals surface area contributed by atoms with Crippen molar-refractivity contribution in [2.75, 3.05) is 33.5 Å². The number of thiol groups is 1. The first-order chi connectivity index (χ1) is 26.0. The van der Waals surface area contributed by atoms with E-state index >= 15 is 0 Å². The van der Waals surface area contributed by atoms with Crippen molar-refractivity contribution in [2.24, 2.45) is 5.92 Å². The van der Waals surface area contributed by atoms with E-state index in [0.717, 1.165) is 54.2 Å². The summed E-state index contributed by atoms with van der Waals surface area (Å²) in [5.41, 5.74) is 1.35. The van der Waals surface area contributed by atoms with E-state index in [2.05, 4.69) is 27.7 Å². The van der Waals surface area contributed by atoms with Crippen molar-refractivity contribution in [3.05, 3.63) is 70.8 Å². The van der Waals surface area contributed by atoms with Crippen LogP contribution in [0.4, 0.5) is 0 Å². The van der Waals surface area contributed by atoms with Crippen molar-refractivity contribution >= 4 is 87.9 Å². The second kappa shape index (κ2) is 15.4. The Kier molecular flexibility index (Phi) is 11.4. The molecule has 0 spiro atoms. The Hall–Kier alpha value is -3.66. The molecule has 0 bridgehead atoms. The molecule has 0 saturated carbocycles. The third-order valence-corrected chi connectivity index (χ3v) is 15.1. The van der Waals surface area contributed by atoms with Gasteiger partial charge in [-0.3, -0.25) is 29.0 Å². The molecular formula is C44H53N2O7PS. The van der Waals surface area contributed by atoms with Crippen LogP contribution in [0.3, 0.4) is 0 Å². The molecule has 0 fully saturated rings. The van der Waals surface area contributed by atoms with Crippen molar-refractivity contribution in [1.82, 2.24) is 9.80 Å². The molecule has 4 amide bonds. The Morgan fingerprint density at radius 2 is 1.11 bits per heavy atom. The molecule has 7 rings (SSSR count). The molecule has 2 aliphatic heterocycles. The highest BCUT2D eigenvalue weighted by Gasteiger charge is 2.46. The van der Waals surface area contributed by atoms with Crippen LogP contribution in [-0.2, 0) is 9.47 Å². The van der Waals surface area contributed by atoms with E-state index in [0.29, 0.717) is 57.6 Å². The largest absolute Gasteiger partial charge is 0.400 e. The second-order valence-corrected chi connectivity index (χ2v) is 18.7. The number of methoxy groups -OCH3 is 1. The first-order valence-electron chi connectivity index (χ1n) is 19.0. The molecule has 5 aromatic carbocycles. The average Bonchev–Trinajstić information content (AvgIpc) is 3.16. The van der Waals surface area contributed by atoms with Gasteiger partial charge in [-0.05, 0) is 115 Å². The highest BCUT2D eigenvalue weighted by Crippen LogP contribution is 2.47. The van der Waals surface area contributed by atoms with E-state index in [1.807, 2.05) is 64.1 Å². The molecule has 5 aromatic rings. The van der Waals surface area contributed by atoms with Crippen LogP contribution in [0.25, 0.3) is 43.1 Å². The summed E-state index contributed by atoms with van der Waals surface area (Å²) in [6.45, 7) is 17.3. The molecule has 5 atom stereocenters. The van der Waals surface area contributed by atoms with Crippen molar-refractivity contribution < 1.29 is 33.8 Å². The summed E-state index contributed by atoms with van der Waals surface area (Å²) in [6, 6.07) is 14.4. The molecule has 9 nitrogen and oxygen atoms in total. The number of amides is 4. The average molecular weight is 785 g/mol. The molecule has 2 heterocycles. The number of ether oxygens (including phenoxy) is 2. The number of aliphatic hydroxyl groups excluding tert-OH is 1. The fourth-order valence-electron chi connectivity index (χ4n) is 8.21. The molecule has 0 saturated heterocycles. The number of rotatable bonds is 13. The number of hydrogen-bond donors (Lipinski definition) is 2. The predicted molar refractivity (Wildman–Crippen MR) is 227 cm³/mol. The lowest BCUT2D eigenvalue weighted by molar-refractivity contribution is -0.106. The lowest BCUT2D eigenvalue weighted by Crippen LogP contribution is -2.57. The van der Waals surface area contributed by atoms with E-state index in [1.165, 1.54) is 9.80 Å². The number of hydrogen-bond acceptors (Lipinski definition) is 8. The third-order valence-electron chi connectivity index (χ3n) is 11.9. The third kappa shape index (κ3) is 6.62. The molecule has 5 unspecified atom stereocenters. The molecule has 55 heavy (non-hydrogen) atoms. The van der Waals surface area contributed by atoms with Crippen LogP contribution in [0.15, 0.2) is 48.5 Å². The van der Waals surface area contributed by atoms with Gasteiger partial charge in [0, 0.05) is 65.1 Å². The smallest absolute Gasteiger partial charge is 0.261 e. The number of carbonyl (C=O) groups is 4. The lowest BCUT2D eigenvalue weighted by Gasteiger charge is -2.45. The minimum Gasteiger partial charge on any atom is -0.400 e. The van der Waals surface area contributed by atoms with Gasteiger partial charge in [0.2, 0.25) is 0 Å². The van der Waals surface area contributed by atoms with Crippen LogP contribution in [0.5, 0.6) is 0 Å². The van der Waals surface area contributed by atoms with Crippen LogP contribution in [-0.4, -0.2) is 100 Å². The number of fused-ring (bicyclic) bond motifs is 2. The zero-order chi connectivity index (χ0) is 40.3. The number of carbonyl (C=O) groups excluding carboxylic acids is 4. The van der Waals surface area contributed by atoms with E-state index in [-0.39, 0.29) is 36.3 Å². The summed E-state index contributed by atoms with van der Waals surface area (Å²) in [5, 5.41) is 13.4. The molecule has 0 aromatic heterocycles. The standard InChI is InChI=1S/C43H49N2O6PS.CH4O/c1-22(2)21-52-25(5)43(8,53)24(4)51-42(6,7)23(3)45-40(48)32-17-13-28-26-11-15-30-36-31(39(47)44(38(30)46)19-10-20-50-9)16-12-27(34(26)36)29-14-18-33(41(45)49)37(32)35(28)29;1-2/h11-18,22-25,52-53H,10,19-21H2,1-9H3;2H,1H3. The Morgan fingerprint density at radius 3 is 1.51 bits per heavy atom. The van der Waals surface area contributed by atoms with Crippen LogP contribution in [0.2, 0.25) is 0 Å². The summed E-state index contributed by atoms with van der Waals surface area (Å²) < 4.78 is 11.5. The topological polar surface area (TPSA) is 113 Å². The molecule has 2 aliphatic rings. The molecule has 0 aliphatic carbocycles. The maximum absolute atomic E-state index is 14.5. The number of benzene rings is 5. The Labute approximate surface area is 330 Å². The van der Waals surface area contributed by atoms with Gasteiger partial charge in [0.25, 0.3) is 23.6 Å². The van der Waals surface area contributed by atoms with Crippen molar-refractivity contribution in [3.8, 4) is 0 Å². The molecule has 0 radical (unpaired) electrons. The number of imide groups is 2. The van der Waals surface area contributed by atoms with Crippen molar-refractivity contribution in [1.29, 1.82) is 0 Å². The monoisotopic (exact) mass is 784 g/mol. The minimum absolute atomic E-state index is 0.250. The van der Waals surface area contributed by atoms with Gasteiger partial charge in [-0.15, -0.1) is 8.58 Å². The maximum atomic E-state index is 14.5. The minimum atomic E-state index is -0.874. The fraction of sp³-hybridized carbons (Fsp3) is 0.455. The second-order valence-electron chi connectivity index (χ2n) is 16.0. The molecule has 11 heteroatoms. The fourth-order valence-corrected chi connectivity index (χ4v) is 10.0. The predicted octanol–water partition coefficient (Wildman–Crippen LogP) is 8.56. The van der Waals surface area contributed by atoms with E-state index < -0.39 is 16.4 Å². The van der Waals surface area contributed by atoms with Gasteiger partial charge in [-0.25, -0.2) is 0 Å². The van der Waals surface area contributed by atoms with Gasteiger partial charge in [0.1, 0.15) is 0 Å². The zero-order valence-electron chi connectivity index (χ0n) is 33.5. The summed E-state index contributed by atoms with van der Waals surface area (Å²) >= 11 is 5.10. The van der Waals surface area contributed by atoms with E-state index in [4.69, 9.17) is 27.2 Å². The number of aliphatic hydroxyl groups is 1. The number of nitrogens with zero attached hydrogens (tertiary/aromatic N) is 2. The van der Waals surface area contributed by atoms with Crippen molar-refractivity contribution in [2.45, 2.75) is 90.0 Å². The first kappa shape index (κ1) is 41.0. The first-order valence-corrected chi connectivity index (χ1v) is 20.8. The highest BCUT2D eigenvalue weighted by atomic mass is 32.1. The summed E-state index contributed by atoms with van der Waals surface area (Å²) in [7, 11) is 3.34. The molecule has 292 valence electrons. The van der Waals surface area contributed by atoms with Crippen LogP contribution in [0.1, 0.15) is 103 Å². The van der Waals surface area contributed by atoms with Crippen LogP contribution >= 0.6 is 21.2 Å². The van der Waals surface area contributed by atoms with Crippen LogP contribution in [0, 0.1) is 5.92 Å². The van der Waals surface area contributed by atoms with E-state index in [9.17, 15) is 19.2 Å². The lowest BCUT2D eigenvalue weighted by atomic mass is 9.82.